The molecule has 1 amide bonds. The van der Waals surface area contributed by atoms with E-state index in [4.69, 9.17) is 11.3 Å². The van der Waals surface area contributed by atoms with E-state index in [0.717, 1.165) is 11.1 Å². The predicted molar refractivity (Wildman–Crippen MR) is 80.4 cm³/mol. The van der Waals surface area contributed by atoms with Gasteiger partial charge in [0.15, 0.2) is 0 Å². The number of nitrogens with one attached hydrogen (secondary N) is 1. The smallest absolute Gasteiger partial charge is 0.408 e. The summed E-state index contributed by atoms with van der Waals surface area (Å²) in [5.41, 5.74) is 1.82. The number of benzene rings is 2. The summed E-state index contributed by atoms with van der Waals surface area (Å²) in [4.78, 5) is 15.2. The van der Waals surface area contributed by atoms with E-state index in [2.05, 4.69) is 10.2 Å². The van der Waals surface area contributed by atoms with Gasteiger partial charge >= 0.3 is 6.09 Å². The number of carbonyl (C=O) groups is 1. The van der Waals surface area contributed by atoms with Crippen LogP contribution in [0.1, 0.15) is 17.2 Å². The molecule has 0 bridgehead atoms. The van der Waals surface area contributed by atoms with Crippen LogP contribution >= 0.6 is 0 Å². The van der Waals surface area contributed by atoms with Gasteiger partial charge in [-0.05, 0) is 11.1 Å². The zero-order valence-electron chi connectivity index (χ0n) is 11.5. The maximum Gasteiger partial charge on any atom is 0.408 e. The molecule has 0 fully saturated rings. The van der Waals surface area contributed by atoms with Crippen LogP contribution in [-0.4, -0.2) is 12.6 Å². The highest BCUT2D eigenvalue weighted by atomic mass is 16.5. The number of ether oxygens (including phenoxy) is 1. The summed E-state index contributed by atoms with van der Waals surface area (Å²) < 4.78 is 5.17. The highest BCUT2D eigenvalue weighted by Crippen LogP contribution is 2.13. The molecule has 0 aromatic heterocycles. The average molecular weight is 280 g/mol. The lowest BCUT2D eigenvalue weighted by molar-refractivity contribution is 0.136. The van der Waals surface area contributed by atoms with Gasteiger partial charge in [0, 0.05) is 0 Å². The Morgan fingerprint density at radius 1 is 1.10 bits per heavy atom. The number of hydrogen-bond acceptors (Lipinski definition) is 2. The molecule has 21 heavy (non-hydrogen) atoms. The van der Waals surface area contributed by atoms with Crippen molar-refractivity contribution in [1.29, 1.82) is 0 Å². The number of amides is 1. The third-order valence-electron chi connectivity index (χ3n) is 2.98. The molecule has 0 aliphatic rings. The van der Waals surface area contributed by atoms with Gasteiger partial charge in [0.2, 0.25) is 6.54 Å². The topological polar surface area (TPSA) is 42.7 Å². The summed E-state index contributed by atoms with van der Waals surface area (Å²) in [6.07, 6.45) is -0.517. The predicted octanol–water partition coefficient (Wildman–Crippen LogP) is 3.57. The maximum absolute atomic E-state index is 11.8. The Hall–Kier alpha value is -2.80. The number of alkyl carbamates (subject to hydrolysis) is 1. The molecule has 1 unspecified atom stereocenters. The van der Waals surface area contributed by atoms with E-state index in [9.17, 15) is 4.79 Å². The van der Waals surface area contributed by atoms with Gasteiger partial charge in [-0.2, -0.15) is 0 Å². The zero-order chi connectivity index (χ0) is 14.9. The summed E-state index contributed by atoms with van der Waals surface area (Å²) in [7, 11) is 0. The fourth-order valence-corrected chi connectivity index (χ4v) is 1.92. The molecular formula is C17H16N2O2. The maximum atomic E-state index is 11.8. The van der Waals surface area contributed by atoms with E-state index in [1.165, 1.54) is 0 Å². The van der Waals surface area contributed by atoms with E-state index < -0.39 is 6.09 Å². The van der Waals surface area contributed by atoms with Crippen molar-refractivity contribution in [3.05, 3.63) is 83.2 Å². The van der Waals surface area contributed by atoms with Crippen LogP contribution in [0.15, 0.2) is 60.7 Å². The first-order valence-electron chi connectivity index (χ1n) is 6.65. The van der Waals surface area contributed by atoms with Crippen LogP contribution in [0, 0.1) is 6.57 Å². The average Bonchev–Trinajstić information content (AvgIpc) is 2.54. The minimum Gasteiger partial charge on any atom is -0.445 e. The van der Waals surface area contributed by atoms with Gasteiger partial charge in [-0.15, -0.1) is 0 Å². The summed E-state index contributed by atoms with van der Waals surface area (Å²) in [5, 5.41) is 2.73. The van der Waals surface area contributed by atoms with Gasteiger partial charge in [0.25, 0.3) is 0 Å². The van der Waals surface area contributed by atoms with E-state index in [1.807, 2.05) is 60.7 Å². The summed E-state index contributed by atoms with van der Waals surface area (Å²) >= 11 is 0. The van der Waals surface area contributed by atoms with Crippen molar-refractivity contribution in [2.45, 2.75) is 12.6 Å². The van der Waals surface area contributed by atoms with E-state index in [-0.39, 0.29) is 19.2 Å². The fourth-order valence-electron chi connectivity index (χ4n) is 1.92. The van der Waals surface area contributed by atoms with Gasteiger partial charge in [0.1, 0.15) is 12.6 Å². The third kappa shape index (κ3) is 4.66. The van der Waals surface area contributed by atoms with Crippen molar-refractivity contribution in [3.8, 4) is 0 Å². The van der Waals surface area contributed by atoms with Crippen LogP contribution in [0.5, 0.6) is 0 Å². The molecule has 4 nitrogen and oxygen atoms in total. The third-order valence-corrected chi connectivity index (χ3v) is 2.98. The van der Waals surface area contributed by atoms with Crippen molar-refractivity contribution in [3.63, 3.8) is 0 Å². The molecule has 0 aliphatic heterocycles. The zero-order valence-corrected chi connectivity index (χ0v) is 11.5. The van der Waals surface area contributed by atoms with Crippen LogP contribution in [0.2, 0.25) is 0 Å². The van der Waals surface area contributed by atoms with Gasteiger partial charge in [-0.3, -0.25) is 0 Å². The first-order chi connectivity index (χ1) is 10.3. The standard InChI is InChI=1S/C17H16N2O2/c1-18-12-16(15-10-6-3-7-11-15)19-17(20)21-13-14-8-4-2-5-9-14/h2-11,16H,12-13H2,(H,19,20). The van der Waals surface area contributed by atoms with Crippen LogP contribution in [0.25, 0.3) is 4.85 Å². The molecule has 0 saturated carbocycles. The second kappa shape index (κ2) is 7.71. The summed E-state index contributed by atoms with van der Waals surface area (Å²) in [6, 6.07) is 18.5. The SMILES string of the molecule is [C-]#[N+]CC(NC(=O)OCc1ccccc1)c1ccccc1. The van der Waals surface area contributed by atoms with Crippen molar-refractivity contribution >= 4 is 6.09 Å². The monoisotopic (exact) mass is 280 g/mol. The molecule has 106 valence electrons. The molecule has 2 aromatic rings. The second-order valence-electron chi connectivity index (χ2n) is 4.51. The molecule has 0 aliphatic carbocycles. The van der Waals surface area contributed by atoms with Gasteiger partial charge in [-0.1, -0.05) is 60.7 Å². The number of carbonyl (C=O) groups excluding carboxylic acids is 1. The minimum atomic E-state index is -0.517. The Labute approximate surface area is 124 Å². The largest absolute Gasteiger partial charge is 0.445 e. The van der Waals surface area contributed by atoms with E-state index in [1.54, 1.807) is 0 Å². The Morgan fingerprint density at radius 2 is 1.71 bits per heavy atom. The molecule has 0 saturated heterocycles. The van der Waals surface area contributed by atoms with Crippen LogP contribution in [0.3, 0.4) is 0 Å². The highest BCUT2D eigenvalue weighted by Gasteiger charge is 2.17. The van der Waals surface area contributed by atoms with Crippen molar-refractivity contribution < 1.29 is 9.53 Å². The van der Waals surface area contributed by atoms with Gasteiger partial charge < -0.3 is 14.9 Å². The number of nitrogens with zero attached hydrogens (tertiary/aromatic N) is 1. The molecule has 2 aromatic carbocycles. The molecule has 0 spiro atoms. The molecule has 0 radical (unpaired) electrons. The highest BCUT2D eigenvalue weighted by molar-refractivity contribution is 5.68. The molecule has 1 atom stereocenters. The Kier molecular flexibility index (Phi) is 5.36. The lowest BCUT2D eigenvalue weighted by atomic mass is 10.1. The van der Waals surface area contributed by atoms with Gasteiger partial charge in [-0.25, -0.2) is 11.4 Å². The van der Waals surface area contributed by atoms with E-state index >= 15 is 0 Å². The Morgan fingerprint density at radius 3 is 2.33 bits per heavy atom. The van der Waals surface area contributed by atoms with Crippen LogP contribution in [-0.2, 0) is 11.3 Å². The molecule has 2 rings (SSSR count). The van der Waals surface area contributed by atoms with Crippen LogP contribution < -0.4 is 5.32 Å². The quantitative estimate of drug-likeness (QED) is 0.851. The van der Waals surface area contributed by atoms with Crippen LogP contribution in [0.4, 0.5) is 4.79 Å². The van der Waals surface area contributed by atoms with Gasteiger partial charge in [0.05, 0.1) is 0 Å². The lowest BCUT2D eigenvalue weighted by Crippen LogP contribution is -2.30. The Bertz CT molecular complexity index is 606. The molecule has 4 heteroatoms. The fraction of sp³-hybridized carbons (Fsp3) is 0.176. The normalized spacial score (nSPS) is 11.2. The number of hydrogen-bond donors (Lipinski definition) is 1. The van der Waals surface area contributed by atoms with E-state index in [0.29, 0.717) is 0 Å². The lowest BCUT2D eigenvalue weighted by Gasteiger charge is -2.14. The summed E-state index contributed by atoms with van der Waals surface area (Å²) in [5.74, 6) is 0. The minimum absolute atomic E-state index is 0.185. The molecule has 0 heterocycles. The second-order valence-corrected chi connectivity index (χ2v) is 4.51. The molecular weight excluding hydrogens is 264 g/mol. The van der Waals surface area contributed by atoms with Crippen molar-refractivity contribution in [2.75, 3.05) is 6.54 Å². The summed E-state index contributed by atoms with van der Waals surface area (Å²) in [6.45, 7) is 7.40. The first kappa shape index (κ1) is 14.6. The van der Waals surface area contributed by atoms with Crippen molar-refractivity contribution in [2.24, 2.45) is 0 Å². The Balaban J connectivity index is 1.91. The number of rotatable bonds is 5. The van der Waals surface area contributed by atoms with Crippen molar-refractivity contribution in [1.82, 2.24) is 5.32 Å². The first-order valence-corrected chi connectivity index (χ1v) is 6.65. The molecule has 1 N–H and O–H groups in total.